The number of fused-ring (bicyclic) bond motifs is 1. The lowest BCUT2D eigenvalue weighted by Crippen LogP contribution is -2.54. The van der Waals surface area contributed by atoms with Crippen molar-refractivity contribution < 1.29 is 44.1 Å². The summed E-state index contributed by atoms with van der Waals surface area (Å²) in [5.74, 6) is -5.21. The third-order valence-electron chi connectivity index (χ3n) is 11.0. The first-order valence-corrected chi connectivity index (χ1v) is 19.3. The van der Waals surface area contributed by atoms with Crippen LogP contribution in [0, 0.1) is 23.1 Å². The van der Waals surface area contributed by atoms with Gasteiger partial charge in [-0.05, 0) is 87.3 Å². The van der Waals surface area contributed by atoms with E-state index >= 15 is 4.39 Å². The maximum atomic E-state index is 15.8. The molecule has 3 aromatic rings. The SMILES string of the molecule is [2H]C1([2H])N(CC2CCN(c3ccc(C(=O)NC4CCC(Oc5ccc(C#N)c(Cl)c5)CC4)nn3)CC2)C([2H])([2H])C([2H])([2H])N(c2cc(F)c3c(c2)C(=O)N(C2CCC(=O)NC2=O)C3=O)C1([2H])[2H]. The van der Waals surface area contributed by atoms with Crippen molar-refractivity contribution in [3.8, 4) is 11.8 Å². The van der Waals surface area contributed by atoms with Crippen molar-refractivity contribution in [2.24, 2.45) is 5.92 Å². The van der Waals surface area contributed by atoms with Crippen LogP contribution in [0.15, 0.2) is 42.5 Å². The molecule has 0 radical (unpaired) electrons. The molecule has 1 aliphatic carbocycles. The lowest BCUT2D eigenvalue weighted by atomic mass is 9.93. The molecule has 1 aromatic heterocycles. The number of ether oxygens (including phenoxy) is 1. The maximum Gasteiger partial charge on any atom is 0.272 e. The first kappa shape index (κ1) is 30.4. The molecule has 1 atom stereocenters. The molecule has 2 N–H and O–H groups in total. The normalized spacial score (nSPS) is 28.6. The fourth-order valence-electron chi connectivity index (χ4n) is 7.81. The van der Waals surface area contributed by atoms with Gasteiger partial charge in [0.2, 0.25) is 11.8 Å². The van der Waals surface area contributed by atoms with E-state index in [1.54, 1.807) is 30.3 Å². The highest BCUT2D eigenvalue weighted by atomic mass is 35.5. The molecule has 1 saturated carbocycles. The summed E-state index contributed by atoms with van der Waals surface area (Å²) in [6.07, 6.45) is 2.87. The Labute approximate surface area is 350 Å². The monoisotopic (exact) mass is 819 g/mol. The van der Waals surface area contributed by atoms with Crippen LogP contribution < -0.4 is 25.2 Å². The van der Waals surface area contributed by atoms with Gasteiger partial charge in [-0.1, -0.05) is 11.6 Å². The summed E-state index contributed by atoms with van der Waals surface area (Å²) in [5.41, 5.74) is -1.75. The molecule has 1 unspecified atom stereocenters. The molecule has 4 aliphatic heterocycles. The van der Waals surface area contributed by atoms with Gasteiger partial charge >= 0.3 is 0 Å². The number of halogens is 2. The summed E-state index contributed by atoms with van der Waals surface area (Å²) in [6.45, 7) is -13.1. The third-order valence-corrected chi connectivity index (χ3v) is 11.3. The van der Waals surface area contributed by atoms with E-state index in [0.717, 1.165) is 6.07 Å². The second-order valence-corrected chi connectivity index (χ2v) is 15.1. The predicted molar refractivity (Wildman–Crippen MR) is 209 cm³/mol. The van der Waals surface area contributed by atoms with Crippen LogP contribution in [0.4, 0.5) is 15.9 Å². The van der Waals surface area contributed by atoms with E-state index < -0.39 is 90.8 Å². The molecule has 0 spiro atoms. The van der Waals surface area contributed by atoms with E-state index in [-0.39, 0.29) is 41.5 Å². The number of nitrogens with zero attached hydrogens (tertiary/aromatic N) is 7. The Morgan fingerprint density at radius 3 is 2.38 bits per heavy atom. The number of rotatable bonds is 9. The summed E-state index contributed by atoms with van der Waals surface area (Å²) in [4.78, 5) is 67.1. The van der Waals surface area contributed by atoms with Crippen LogP contribution in [0.3, 0.4) is 0 Å². The van der Waals surface area contributed by atoms with Gasteiger partial charge in [-0.2, -0.15) is 5.26 Å². The summed E-state index contributed by atoms with van der Waals surface area (Å²) >= 11 is 6.13. The molecule has 4 fully saturated rings. The second kappa shape index (κ2) is 16.7. The number of nitriles is 1. The number of hydrogen-bond acceptors (Lipinski definition) is 12. The minimum Gasteiger partial charge on any atom is -0.490 e. The molecule has 5 heterocycles. The molecule has 8 rings (SSSR count). The van der Waals surface area contributed by atoms with E-state index in [9.17, 15) is 24.0 Å². The van der Waals surface area contributed by atoms with Gasteiger partial charge in [-0.25, -0.2) is 4.39 Å². The molecular weight excluding hydrogens is 769 g/mol. The molecule has 302 valence electrons. The van der Waals surface area contributed by atoms with Crippen LogP contribution in [0.1, 0.15) is 99.1 Å². The minimum absolute atomic E-state index is 0.0762. The van der Waals surface area contributed by atoms with Gasteiger partial charge < -0.3 is 19.9 Å². The number of anilines is 2. The predicted octanol–water partition coefficient (Wildman–Crippen LogP) is 3.70. The Balaban J connectivity index is 0.886. The average Bonchev–Trinajstić information content (AvgIpc) is 3.51. The highest BCUT2D eigenvalue weighted by molar-refractivity contribution is 6.31. The zero-order valence-electron chi connectivity index (χ0n) is 39.0. The van der Waals surface area contributed by atoms with Crippen molar-refractivity contribution in [3.05, 3.63) is 75.7 Å². The van der Waals surface area contributed by atoms with E-state index in [0.29, 0.717) is 89.6 Å². The van der Waals surface area contributed by atoms with Crippen LogP contribution in [0.25, 0.3) is 0 Å². The maximum absolute atomic E-state index is 15.8. The Morgan fingerprint density at radius 2 is 1.71 bits per heavy atom. The van der Waals surface area contributed by atoms with Gasteiger partial charge in [0.1, 0.15) is 23.7 Å². The molecule has 5 amide bonds. The van der Waals surface area contributed by atoms with Crippen LogP contribution in [0.2, 0.25) is 5.02 Å². The third kappa shape index (κ3) is 8.19. The zero-order valence-corrected chi connectivity index (χ0v) is 31.7. The van der Waals surface area contributed by atoms with Gasteiger partial charge in [0.15, 0.2) is 11.5 Å². The summed E-state index contributed by atoms with van der Waals surface area (Å²) in [7, 11) is 0. The summed E-state index contributed by atoms with van der Waals surface area (Å²) < 4.78 is 93.6. The number of benzene rings is 2. The van der Waals surface area contributed by atoms with Gasteiger partial charge in [0.05, 0.1) is 33.3 Å². The van der Waals surface area contributed by atoms with E-state index in [1.165, 1.54) is 0 Å². The topological polar surface area (TPSA) is 181 Å². The first-order valence-electron chi connectivity index (χ1n) is 23.0. The lowest BCUT2D eigenvalue weighted by Gasteiger charge is -2.39. The van der Waals surface area contributed by atoms with Crippen LogP contribution in [-0.2, 0) is 9.59 Å². The number of amides is 5. The van der Waals surface area contributed by atoms with Crippen molar-refractivity contribution in [1.29, 1.82) is 5.26 Å². The molecule has 58 heavy (non-hydrogen) atoms. The van der Waals surface area contributed by atoms with E-state index in [1.807, 2.05) is 16.3 Å². The number of piperidine rings is 2. The molecule has 0 bridgehead atoms. The molecule has 3 saturated heterocycles. The van der Waals surface area contributed by atoms with E-state index in [4.69, 9.17) is 32.6 Å². The fourth-order valence-corrected chi connectivity index (χ4v) is 8.03. The van der Waals surface area contributed by atoms with Gasteiger partial charge in [0.25, 0.3) is 17.7 Å². The number of aromatic nitrogens is 2. The zero-order chi connectivity index (χ0) is 47.7. The fraction of sp³-hybridized carbons (Fsp3) is 0.463. The molecule has 15 nitrogen and oxygen atoms in total. The summed E-state index contributed by atoms with van der Waals surface area (Å²) in [6, 6.07) is 9.85. The standard InChI is InChI=1S/C41H43ClFN9O6/c42-31-21-29(4-1-25(31)22-44)58-28-5-2-26(3-6-28)45-38(54)33-7-9-35(48-47-33)51-13-11-24(12-14-51)23-49-15-17-50(18-16-49)27-19-30-37(32(43)20-27)41(57)52(40(30)56)34-8-10-36(53)46-39(34)55/h1,4,7,9,19-21,24,26,28,34H,2-3,5-6,8,10-18,23H2,(H,45,54)(H,46,53,55)/i15D2,16D2,17D2,18D2. The quantitative estimate of drug-likeness (QED) is 0.300. The average molecular weight is 820 g/mol. The largest absolute Gasteiger partial charge is 0.490 e. The number of carbonyl (C=O) groups is 5. The second-order valence-electron chi connectivity index (χ2n) is 14.7. The number of piperazine rings is 1. The van der Waals surface area contributed by atoms with Gasteiger partial charge in [0, 0.05) is 75.3 Å². The highest BCUT2D eigenvalue weighted by Gasteiger charge is 2.46. The molecule has 5 aliphatic rings. The van der Waals surface area contributed by atoms with Crippen LogP contribution in [0.5, 0.6) is 5.75 Å². The lowest BCUT2D eigenvalue weighted by molar-refractivity contribution is -0.136. The van der Waals surface area contributed by atoms with Crippen LogP contribution in [-0.4, -0.2) is 113 Å². The first-order chi connectivity index (χ1) is 31.1. The van der Waals surface area contributed by atoms with Crippen molar-refractivity contribution in [1.82, 2.24) is 30.6 Å². The van der Waals surface area contributed by atoms with E-state index in [2.05, 4.69) is 15.5 Å². The van der Waals surface area contributed by atoms with Crippen LogP contribution >= 0.6 is 11.6 Å². The number of hydrogen-bond donors (Lipinski definition) is 2. The summed E-state index contributed by atoms with van der Waals surface area (Å²) in [5, 5.41) is 22.8. The Hall–Kier alpha value is -5.66. The van der Waals surface area contributed by atoms with Crippen molar-refractivity contribution in [2.75, 3.05) is 55.4 Å². The van der Waals surface area contributed by atoms with Crippen molar-refractivity contribution >= 4 is 52.6 Å². The molecular formula is C41H43ClFN9O6. The molecule has 17 heteroatoms. The minimum atomic E-state index is -3.42. The Morgan fingerprint density at radius 1 is 0.948 bits per heavy atom. The van der Waals surface area contributed by atoms with Crippen molar-refractivity contribution in [2.45, 2.75) is 69.6 Å². The highest BCUT2D eigenvalue weighted by Crippen LogP contribution is 2.34. The Kier molecular flexibility index (Phi) is 8.74. The smallest absolute Gasteiger partial charge is 0.272 e. The molecule has 2 aromatic carbocycles. The number of imide groups is 2. The Bertz CT molecular complexity index is 2510. The van der Waals surface area contributed by atoms with Gasteiger partial charge in [-0.15, -0.1) is 10.2 Å². The number of nitrogens with one attached hydrogen (secondary N) is 2. The number of carbonyl (C=O) groups excluding carboxylic acids is 5. The van der Waals surface area contributed by atoms with Gasteiger partial charge in [-0.3, -0.25) is 39.1 Å². The van der Waals surface area contributed by atoms with Crippen molar-refractivity contribution in [3.63, 3.8) is 0 Å².